The molecule has 0 spiro atoms. The Morgan fingerprint density at radius 3 is 2.67 bits per heavy atom. The summed E-state index contributed by atoms with van der Waals surface area (Å²) < 4.78 is 0. The van der Waals surface area contributed by atoms with Gasteiger partial charge in [-0.25, -0.2) is 0 Å². The quantitative estimate of drug-likeness (QED) is 0.450. The number of hydrogen-bond donors (Lipinski definition) is 2. The summed E-state index contributed by atoms with van der Waals surface area (Å²) in [6.07, 6.45) is 5.50. The molecule has 134 valence electrons. The molecule has 0 radical (unpaired) electrons. The fourth-order valence-electron chi connectivity index (χ4n) is 3.28. The summed E-state index contributed by atoms with van der Waals surface area (Å²) in [7, 11) is 0. The monoisotopic (exact) mass is 372 g/mol. The number of amides is 1. The minimum atomic E-state index is -0.0795. The Morgan fingerprint density at radius 1 is 1.04 bits per heavy atom. The number of carbonyl (C=O) groups is 1. The molecular formula is C23H20N2OS. The van der Waals surface area contributed by atoms with E-state index in [1.165, 1.54) is 16.5 Å². The topological polar surface area (TPSA) is 44.9 Å². The Bertz CT molecular complexity index is 1050. The third-order valence-electron chi connectivity index (χ3n) is 4.62. The van der Waals surface area contributed by atoms with E-state index >= 15 is 0 Å². The minimum Gasteiger partial charge on any atom is -0.361 e. The average molecular weight is 372 g/mol. The van der Waals surface area contributed by atoms with Gasteiger partial charge in [-0.3, -0.25) is 4.79 Å². The van der Waals surface area contributed by atoms with Crippen LogP contribution >= 0.6 is 11.3 Å². The highest BCUT2D eigenvalue weighted by molar-refractivity contribution is 7.10. The van der Waals surface area contributed by atoms with E-state index in [1.807, 2.05) is 53.9 Å². The summed E-state index contributed by atoms with van der Waals surface area (Å²) in [6, 6.07) is 22.5. The highest BCUT2D eigenvalue weighted by atomic mass is 32.1. The van der Waals surface area contributed by atoms with Crippen molar-refractivity contribution in [2.24, 2.45) is 0 Å². The van der Waals surface area contributed by atoms with Gasteiger partial charge in [0.1, 0.15) is 0 Å². The first kappa shape index (κ1) is 17.3. The Hall–Kier alpha value is -3.11. The van der Waals surface area contributed by atoms with E-state index in [4.69, 9.17) is 0 Å². The Balaban J connectivity index is 1.57. The van der Waals surface area contributed by atoms with Crippen LogP contribution in [0.4, 0.5) is 0 Å². The number of thiophene rings is 1. The molecule has 2 N–H and O–H groups in total. The summed E-state index contributed by atoms with van der Waals surface area (Å²) in [5.74, 6) is 0.00519. The largest absolute Gasteiger partial charge is 0.361 e. The molecule has 0 aliphatic rings. The fraction of sp³-hybridized carbons (Fsp3) is 0.0870. The zero-order valence-corrected chi connectivity index (χ0v) is 15.6. The van der Waals surface area contributed by atoms with Gasteiger partial charge in [-0.1, -0.05) is 54.6 Å². The van der Waals surface area contributed by atoms with Gasteiger partial charge in [-0.15, -0.1) is 11.3 Å². The predicted octanol–water partition coefficient (Wildman–Crippen LogP) is 5.19. The number of nitrogens with one attached hydrogen (secondary N) is 2. The van der Waals surface area contributed by atoms with Crippen LogP contribution in [0.3, 0.4) is 0 Å². The van der Waals surface area contributed by atoms with Crippen LogP contribution in [-0.2, 0) is 4.79 Å². The first-order valence-electron chi connectivity index (χ1n) is 8.91. The maximum absolute atomic E-state index is 12.3. The molecule has 4 heteroatoms. The molecule has 4 rings (SSSR count). The molecule has 3 nitrogen and oxygen atoms in total. The maximum atomic E-state index is 12.3. The molecule has 1 atom stereocenters. The van der Waals surface area contributed by atoms with E-state index < -0.39 is 0 Å². The van der Waals surface area contributed by atoms with E-state index in [9.17, 15) is 4.79 Å². The van der Waals surface area contributed by atoms with E-state index in [0.717, 1.165) is 10.4 Å². The van der Waals surface area contributed by atoms with Crippen LogP contribution in [-0.4, -0.2) is 17.4 Å². The lowest BCUT2D eigenvalue weighted by Crippen LogP contribution is -2.27. The fourth-order valence-corrected chi connectivity index (χ4v) is 3.90. The minimum absolute atomic E-state index is 0.0795. The highest BCUT2D eigenvalue weighted by Gasteiger charge is 2.18. The lowest BCUT2D eigenvalue weighted by Gasteiger charge is -2.17. The van der Waals surface area contributed by atoms with E-state index in [1.54, 1.807) is 17.4 Å². The molecule has 0 bridgehead atoms. The molecule has 2 aromatic heterocycles. The molecule has 2 heterocycles. The Morgan fingerprint density at radius 2 is 1.85 bits per heavy atom. The molecule has 0 saturated carbocycles. The van der Waals surface area contributed by atoms with Crippen LogP contribution < -0.4 is 5.32 Å². The van der Waals surface area contributed by atoms with Crippen molar-refractivity contribution in [1.29, 1.82) is 0 Å². The van der Waals surface area contributed by atoms with Crippen molar-refractivity contribution in [2.45, 2.75) is 5.92 Å². The normalized spacial score (nSPS) is 12.4. The number of carbonyl (C=O) groups excluding carboxylic acids is 1. The van der Waals surface area contributed by atoms with Gasteiger partial charge >= 0.3 is 0 Å². The van der Waals surface area contributed by atoms with E-state index in [2.05, 4.69) is 40.8 Å². The number of rotatable bonds is 6. The van der Waals surface area contributed by atoms with Crippen molar-refractivity contribution in [3.05, 3.63) is 100 Å². The summed E-state index contributed by atoms with van der Waals surface area (Å²) in [4.78, 5) is 16.7. The standard InChI is InChI=1S/C23H20N2OS/c26-23(13-12-18-9-6-14-27-18)25-15-20(17-7-2-1-3-8-17)21-16-24-22-11-5-4-10-19(21)22/h1-14,16,20,24H,15H2,(H,25,26)/b13-12+/t20-/m1/s1. The van der Waals surface area contributed by atoms with Gasteiger partial charge in [0.25, 0.3) is 0 Å². The first-order chi connectivity index (χ1) is 13.3. The first-order valence-corrected chi connectivity index (χ1v) is 9.79. The summed E-state index contributed by atoms with van der Waals surface area (Å²) in [5, 5.41) is 6.25. The van der Waals surface area contributed by atoms with Crippen LogP contribution in [0.2, 0.25) is 0 Å². The third kappa shape index (κ3) is 4.01. The molecule has 0 aliphatic carbocycles. The number of aromatic amines is 1. The molecule has 0 unspecified atom stereocenters. The van der Waals surface area contributed by atoms with Crippen molar-refractivity contribution in [3.63, 3.8) is 0 Å². The van der Waals surface area contributed by atoms with Gasteiger partial charge in [-0.05, 0) is 34.7 Å². The van der Waals surface area contributed by atoms with E-state index in [-0.39, 0.29) is 11.8 Å². The molecule has 1 amide bonds. The highest BCUT2D eigenvalue weighted by Crippen LogP contribution is 2.30. The SMILES string of the molecule is O=C(/C=C/c1cccs1)NC[C@H](c1ccccc1)c1c[nH]c2ccccc12. The van der Waals surface area contributed by atoms with Crippen molar-refractivity contribution in [1.82, 2.24) is 10.3 Å². The van der Waals surface area contributed by atoms with Crippen molar-refractivity contribution < 1.29 is 4.79 Å². The molecule has 4 aromatic rings. The molecule has 27 heavy (non-hydrogen) atoms. The van der Waals surface area contributed by atoms with Gasteiger partial charge < -0.3 is 10.3 Å². The molecule has 0 saturated heterocycles. The zero-order valence-electron chi connectivity index (χ0n) is 14.8. The van der Waals surface area contributed by atoms with Crippen molar-refractivity contribution in [2.75, 3.05) is 6.54 Å². The molecular weight excluding hydrogens is 352 g/mol. The summed E-state index contributed by atoms with van der Waals surface area (Å²) >= 11 is 1.61. The van der Waals surface area contributed by atoms with Crippen LogP contribution in [0.15, 0.2) is 84.4 Å². The van der Waals surface area contributed by atoms with E-state index in [0.29, 0.717) is 6.54 Å². The van der Waals surface area contributed by atoms with Crippen LogP contribution in [0.25, 0.3) is 17.0 Å². The third-order valence-corrected chi connectivity index (χ3v) is 5.46. The van der Waals surface area contributed by atoms with Crippen LogP contribution in [0.1, 0.15) is 21.9 Å². The Kier molecular flexibility index (Phi) is 5.17. The van der Waals surface area contributed by atoms with Gasteiger partial charge in [0.2, 0.25) is 5.91 Å². The average Bonchev–Trinajstić information content (AvgIpc) is 3.38. The number of para-hydroxylation sites is 1. The number of H-pyrrole nitrogens is 1. The number of fused-ring (bicyclic) bond motifs is 1. The molecule has 0 fully saturated rings. The van der Waals surface area contributed by atoms with Gasteiger partial charge in [0, 0.05) is 40.5 Å². The summed E-state index contributed by atoms with van der Waals surface area (Å²) in [6.45, 7) is 0.541. The lowest BCUT2D eigenvalue weighted by molar-refractivity contribution is -0.116. The predicted molar refractivity (Wildman–Crippen MR) is 113 cm³/mol. The van der Waals surface area contributed by atoms with Gasteiger partial charge in [-0.2, -0.15) is 0 Å². The number of aromatic nitrogens is 1. The van der Waals surface area contributed by atoms with Crippen LogP contribution in [0.5, 0.6) is 0 Å². The maximum Gasteiger partial charge on any atom is 0.244 e. The van der Waals surface area contributed by atoms with Gasteiger partial charge in [0.15, 0.2) is 0 Å². The molecule has 0 aliphatic heterocycles. The van der Waals surface area contributed by atoms with Gasteiger partial charge in [0.05, 0.1) is 0 Å². The zero-order chi connectivity index (χ0) is 18.5. The second-order valence-electron chi connectivity index (χ2n) is 6.35. The van der Waals surface area contributed by atoms with Crippen molar-refractivity contribution >= 4 is 34.2 Å². The smallest absolute Gasteiger partial charge is 0.244 e. The Labute approximate surface area is 162 Å². The summed E-state index contributed by atoms with van der Waals surface area (Å²) in [5.41, 5.74) is 3.49. The second kappa shape index (κ2) is 8.06. The number of benzene rings is 2. The second-order valence-corrected chi connectivity index (χ2v) is 7.33. The number of hydrogen-bond acceptors (Lipinski definition) is 2. The van der Waals surface area contributed by atoms with Crippen LogP contribution in [0, 0.1) is 0 Å². The van der Waals surface area contributed by atoms with Crippen molar-refractivity contribution in [3.8, 4) is 0 Å². The molecule has 2 aromatic carbocycles. The lowest BCUT2D eigenvalue weighted by atomic mass is 9.91.